The molecule has 6 nitrogen and oxygen atoms in total. The molecular formula is C21H20N2O4. The zero-order chi connectivity index (χ0) is 19.4. The van der Waals surface area contributed by atoms with Gasteiger partial charge in [0, 0.05) is 7.05 Å². The van der Waals surface area contributed by atoms with E-state index >= 15 is 0 Å². The first-order chi connectivity index (χ1) is 13.0. The van der Waals surface area contributed by atoms with Crippen LogP contribution < -0.4 is 4.74 Å². The molecule has 0 radical (unpaired) electrons. The molecule has 1 fully saturated rings. The molecule has 3 rings (SSSR count). The summed E-state index contributed by atoms with van der Waals surface area (Å²) in [5, 5.41) is 8.86. The van der Waals surface area contributed by atoms with Gasteiger partial charge < -0.3 is 14.4 Å². The maximum absolute atomic E-state index is 12.1. The lowest BCUT2D eigenvalue weighted by molar-refractivity contribution is -0.150. The Hall–Kier alpha value is -3.33. The minimum atomic E-state index is -0.743. The van der Waals surface area contributed by atoms with Crippen molar-refractivity contribution >= 4 is 11.9 Å². The molecule has 2 aromatic carbocycles. The summed E-state index contributed by atoms with van der Waals surface area (Å²) in [6, 6.07) is 16.9. The number of nitriles is 1. The smallest absolute Gasteiger partial charge is 0.318 e. The van der Waals surface area contributed by atoms with E-state index in [4.69, 9.17) is 10.00 Å². The number of hydrogen-bond donors (Lipinski definition) is 0. The Labute approximate surface area is 157 Å². The highest BCUT2D eigenvalue weighted by molar-refractivity contribution is 5.99. The highest BCUT2D eigenvalue weighted by Gasteiger charge is 2.42. The average Bonchev–Trinajstić information content (AvgIpc) is 3.00. The zero-order valence-corrected chi connectivity index (χ0v) is 15.2. The van der Waals surface area contributed by atoms with E-state index in [1.165, 1.54) is 7.11 Å². The van der Waals surface area contributed by atoms with Crippen molar-refractivity contribution in [2.45, 2.75) is 12.5 Å². The molecule has 0 aliphatic carbocycles. The predicted octanol–water partition coefficient (Wildman–Crippen LogP) is 2.62. The van der Waals surface area contributed by atoms with Crippen LogP contribution >= 0.6 is 0 Å². The summed E-state index contributed by atoms with van der Waals surface area (Å²) in [5.41, 5.74) is 2.66. The van der Waals surface area contributed by atoms with E-state index in [0.29, 0.717) is 24.3 Å². The minimum Gasteiger partial charge on any atom is -0.491 e. The van der Waals surface area contributed by atoms with E-state index in [1.54, 1.807) is 24.1 Å². The first-order valence-corrected chi connectivity index (χ1v) is 8.61. The van der Waals surface area contributed by atoms with Gasteiger partial charge in [-0.1, -0.05) is 24.3 Å². The lowest BCUT2D eigenvalue weighted by atomic mass is 10.0. The molecule has 0 saturated carbocycles. The van der Waals surface area contributed by atoms with Gasteiger partial charge in [-0.15, -0.1) is 0 Å². The molecule has 138 valence electrons. The third-order valence-corrected chi connectivity index (χ3v) is 4.83. The van der Waals surface area contributed by atoms with Crippen molar-refractivity contribution in [1.29, 1.82) is 5.26 Å². The van der Waals surface area contributed by atoms with Gasteiger partial charge in [-0.3, -0.25) is 9.59 Å². The Kier molecular flexibility index (Phi) is 5.41. The summed E-state index contributed by atoms with van der Waals surface area (Å²) < 4.78 is 10.5. The van der Waals surface area contributed by atoms with Gasteiger partial charge in [0.05, 0.1) is 24.8 Å². The van der Waals surface area contributed by atoms with Gasteiger partial charge in [-0.25, -0.2) is 0 Å². The lowest BCUT2D eigenvalue weighted by Gasteiger charge is -2.20. The van der Waals surface area contributed by atoms with Crippen LogP contribution in [0.15, 0.2) is 48.5 Å². The highest BCUT2D eigenvalue weighted by Crippen LogP contribution is 2.26. The first-order valence-electron chi connectivity index (χ1n) is 8.61. The Morgan fingerprint density at radius 2 is 1.74 bits per heavy atom. The van der Waals surface area contributed by atoms with Crippen LogP contribution in [0.3, 0.4) is 0 Å². The summed E-state index contributed by atoms with van der Waals surface area (Å²) in [7, 11) is 2.96. The molecule has 0 unspecified atom stereocenters. The minimum absolute atomic E-state index is 0.167. The second kappa shape index (κ2) is 7.92. The third kappa shape index (κ3) is 3.93. The number of ether oxygens (including phenoxy) is 2. The van der Waals surface area contributed by atoms with Gasteiger partial charge in [-0.05, 0) is 41.8 Å². The molecule has 1 aliphatic heterocycles. The fourth-order valence-corrected chi connectivity index (χ4v) is 3.15. The van der Waals surface area contributed by atoms with Gasteiger partial charge >= 0.3 is 5.97 Å². The van der Waals surface area contributed by atoms with E-state index < -0.39 is 11.9 Å². The second-order valence-electron chi connectivity index (χ2n) is 6.44. The first kappa shape index (κ1) is 18.5. The number of benzene rings is 2. The maximum atomic E-state index is 12.1. The highest BCUT2D eigenvalue weighted by atomic mass is 16.5. The fourth-order valence-electron chi connectivity index (χ4n) is 3.15. The summed E-state index contributed by atoms with van der Waals surface area (Å²) in [4.78, 5) is 25.3. The largest absolute Gasteiger partial charge is 0.491 e. The van der Waals surface area contributed by atoms with Crippen molar-refractivity contribution in [2.75, 3.05) is 20.8 Å². The Bertz CT molecular complexity index is 869. The second-order valence-corrected chi connectivity index (χ2v) is 6.44. The average molecular weight is 364 g/mol. The molecular weight excluding hydrogens is 344 g/mol. The fraction of sp³-hybridized carbons (Fsp3) is 0.286. The topological polar surface area (TPSA) is 79.6 Å². The monoisotopic (exact) mass is 364 g/mol. The van der Waals surface area contributed by atoms with Gasteiger partial charge in [0.25, 0.3) is 0 Å². The molecule has 0 aromatic heterocycles. The zero-order valence-electron chi connectivity index (χ0n) is 15.2. The van der Waals surface area contributed by atoms with Crippen molar-refractivity contribution in [3.8, 4) is 22.9 Å². The number of carbonyl (C=O) groups excluding carboxylic acids is 2. The Morgan fingerprint density at radius 3 is 2.30 bits per heavy atom. The number of hydrogen-bond acceptors (Lipinski definition) is 5. The number of carbonyl (C=O) groups is 2. The van der Waals surface area contributed by atoms with Crippen molar-refractivity contribution < 1.29 is 19.1 Å². The number of methoxy groups -OCH3 is 1. The summed E-state index contributed by atoms with van der Waals surface area (Å²) in [6.07, 6.45) is 0.394. The van der Waals surface area contributed by atoms with Gasteiger partial charge in [-0.2, -0.15) is 5.26 Å². The molecule has 2 aromatic rings. The van der Waals surface area contributed by atoms with Crippen LogP contribution in [0.25, 0.3) is 11.1 Å². The molecule has 2 atom stereocenters. The van der Waals surface area contributed by atoms with Crippen molar-refractivity contribution in [2.24, 2.45) is 5.92 Å². The molecule has 1 aliphatic rings. The number of esters is 1. The van der Waals surface area contributed by atoms with E-state index in [1.807, 2.05) is 36.4 Å². The Morgan fingerprint density at radius 1 is 1.15 bits per heavy atom. The van der Waals surface area contributed by atoms with E-state index in [-0.39, 0.29) is 11.9 Å². The third-order valence-electron chi connectivity index (χ3n) is 4.83. The van der Waals surface area contributed by atoms with Crippen molar-refractivity contribution in [3.63, 3.8) is 0 Å². The van der Waals surface area contributed by atoms with Crippen LogP contribution in [0.5, 0.6) is 5.75 Å². The molecule has 1 saturated heterocycles. The molecule has 1 amide bonds. The number of amides is 1. The molecule has 1 heterocycles. The number of likely N-dealkylation sites (N-methyl/N-ethyl adjacent to an activating group) is 1. The number of likely N-dealkylation sites (tertiary alicyclic amines) is 1. The molecule has 0 N–H and O–H groups in total. The maximum Gasteiger partial charge on any atom is 0.318 e. The van der Waals surface area contributed by atoms with Crippen LogP contribution in [-0.4, -0.2) is 43.6 Å². The quantitative estimate of drug-likeness (QED) is 0.602. The molecule has 27 heavy (non-hydrogen) atoms. The molecule has 0 spiro atoms. The van der Waals surface area contributed by atoms with Gasteiger partial charge in [0.2, 0.25) is 5.91 Å². The van der Waals surface area contributed by atoms with E-state index in [9.17, 15) is 9.59 Å². The van der Waals surface area contributed by atoms with Crippen LogP contribution in [0.4, 0.5) is 0 Å². The Balaban J connectivity index is 1.61. The van der Waals surface area contributed by atoms with Crippen molar-refractivity contribution in [1.82, 2.24) is 4.90 Å². The summed E-state index contributed by atoms with van der Waals surface area (Å²) in [6.45, 7) is 0.311. The number of rotatable bonds is 5. The predicted molar refractivity (Wildman–Crippen MR) is 98.8 cm³/mol. The summed E-state index contributed by atoms with van der Waals surface area (Å²) >= 11 is 0. The standard InChI is InChI=1S/C21H20N2O4/c1-23-17(11-19(20(23)24)21(25)26-2)13-27-18-9-7-16(8-10-18)15-5-3-14(12-22)4-6-15/h3-10,17,19H,11,13H2,1-2H3/t17-,19-/m1/s1. The molecule has 6 heteroatoms. The van der Waals surface area contributed by atoms with Gasteiger partial charge in [0.15, 0.2) is 0 Å². The van der Waals surface area contributed by atoms with Crippen LogP contribution in [0.2, 0.25) is 0 Å². The van der Waals surface area contributed by atoms with E-state index in [2.05, 4.69) is 10.8 Å². The lowest BCUT2D eigenvalue weighted by Crippen LogP contribution is -2.34. The van der Waals surface area contributed by atoms with Crippen molar-refractivity contribution in [3.05, 3.63) is 54.1 Å². The van der Waals surface area contributed by atoms with Crippen LogP contribution in [-0.2, 0) is 14.3 Å². The van der Waals surface area contributed by atoms with Crippen LogP contribution in [0.1, 0.15) is 12.0 Å². The number of nitrogens with zero attached hydrogens (tertiary/aromatic N) is 2. The summed E-state index contributed by atoms with van der Waals surface area (Å²) in [5.74, 6) is -0.783. The normalized spacial score (nSPS) is 18.9. The SMILES string of the molecule is COC(=O)[C@@H]1C[C@H](COc2ccc(-c3ccc(C#N)cc3)cc2)N(C)C1=O. The van der Waals surface area contributed by atoms with Crippen LogP contribution in [0, 0.1) is 17.2 Å². The van der Waals surface area contributed by atoms with E-state index in [0.717, 1.165) is 11.1 Å². The molecule has 0 bridgehead atoms. The van der Waals surface area contributed by atoms with Gasteiger partial charge in [0.1, 0.15) is 18.3 Å².